The number of rotatable bonds is 16. The van der Waals surface area contributed by atoms with E-state index in [9.17, 15) is 0 Å². The number of hydrogen-bond donors (Lipinski definition) is 1. The Labute approximate surface area is 204 Å². The highest BCUT2D eigenvalue weighted by Crippen LogP contribution is 2.32. The van der Waals surface area contributed by atoms with E-state index < -0.39 is 0 Å². The molecule has 0 spiro atoms. The molecule has 0 aromatic heterocycles. The molecule has 0 amide bonds. The van der Waals surface area contributed by atoms with E-state index in [1.54, 1.807) is 13.2 Å². The van der Waals surface area contributed by atoms with Crippen LogP contribution in [0.2, 0.25) is 10.0 Å². The maximum Gasteiger partial charge on any atom is 0.166 e. The summed E-state index contributed by atoms with van der Waals surface area (Å²) in [4.78, 5) is 2.60. The summed E-state index contributed by atoms with van der Waals surface area (Å²) in [7, 11) is 1.66. The molecule has 0 unspecified atom stereocenters. The summed E-state index contributed by atoms with van der Waals surface area (Å²) < 4.78 is 11.7. The monoisotopic (exact) mass is 480 g/mol. The Morgan fingerprint density at radius 2 is 1.62 bits per heavy atom. The third kappa shape index (κ3) is 9.19. The third-order valence-electron chi connectivity index (χ3n) is 5.47. The predicted octanol–water partition coefficient (Wildman–Crippen LogP) is 6.96. The van der Waals surface area contributed by atoms with Crippen LogP contribution in [0.4, 0.5) is 0 Å². The normalized spacial score (nSPS) is 11.2. The molecule has 0 saturated heterocycles. The summed E-state index contributed by atoms with van der Waals surface area (Å²) >= 11 is 12.3. The van der Waals surface area contributed by atoms with Crippen LogP contribution in [-0.2, 0) is 13.2 Å². The minimum absolute atomic E-state index is 0.354. The Kier molecular flexibility index (Phi) is 12.9. The van der Waals surface area contributed by atoms with Crippen LogP contribution in [0.5, 0.6) is 11.5 Å². The van der Waals surface area contributed by atoms with Crippen LogP contribution in [-0.4, -0.2) is 38.2 Å². The zero-order chi connectivity index (χ0) is 23.2. The van der Waals surface area contributed by atoms with Crippen molar-refractivity contribution in [2.75, 3.05) is 33.3 Å². The van der Waals surface area contributed by atoms with Gasteiger partial charge in [0.15, 0.2) is 11.5 Å². The molecule has 2 aromatic rings. The van der Waals surface area contributed by atoms with Gasteiger partial charge < -0.3 is 19.7 Å². The Bertz CT molecular complexity index is 793. The van der Waals surface area contributed by atoms with E-state index >= 15 is 0 Å². The molecule has 6 heteroatoms. The van der Waals surface area contributed by atoms with Crippen molar-refractivity contribution >= 4 is 23.2 Å². The van der Waals surface area contributed by atoms with Crippen LogP contribution in [0, 0.1) is 0 Å². The van der Waals surface area contributed by atoms with Gasteiger partial charge >= 0.3 is 0 Å². The van der Waals surface area contributed by atoms with Crippen molar-refractivity contribution in [3.8, 4) is 11.5 Å². The van der Waals surface area contributed by atoms with Crippen molar-refractivity contribution in [1.29, 1.82) is 0 Å². The predicted molar refractivity (Wildman–Crippen MR) is 136 cm³/mol. The highest BCUT2D eigenvalue weighted by atomic mass is 35.5. The second-order valence-electron chi connectivity index (χ2n) is 8.05. The Morgan fingerprint density at radius 3 is 2.28 bits per heavy atom. The largest absolute Gasteiger partial charge is 0.493 e. The molecular weight excluding hydrogens is 443 g/mol. The van der Waals surface area contributed by atoms with Crippen molar-refractivity contribution in [2.24, 2.45) is 0 Å². The van der Waals surface area contributed by atoms with E-state index in [0.29, 0.717) is 16.7 Å². The summed E-state index contributed by atoms with van der Waals surface area (Å²) in [5.41, 5.74) is 1.96. The van der Waals surface area contributed by atoms with E-state index in [2.05, 4.69) is 30.1 Å². The lowest BCUT2D eigenvalue weighted by Crippen LogP contribution is -2.29. The van der Waals surface area contributed by atoms with Crippen LogP contribution in [0.15, 0.2) is 36.4 Å². The number of benzene rings is 2. The molecule has 2 rings (SSSR count). The molecule has 0 fully saturated rings. The number of para-hydroxylation sites is 1. The van der Waals surface area contributed by atoms with Crippen molar-refractivity contribution in [1.82, 2.24) is 10.2 Å². The van der Waals surface area contributed by atoms with E-state index in [4.69, 9.17) is 32.7 Å². The van der Waals surface area contributed by atoms with Gasteiger partial charge in [-0.15, -0.1) is 0 Å². The molecule has 32 heavy (non-hydrogen) atoms. The summed E-state index contributed by atoms with van der Waals surface area (Å²) in [6, 6.07) is 11.4. The maximum atomic E-state index is 6.30. The van der Waals surface area contributed by atoms with Crippen LogP contribution in [0.1, 0.15) is 57.1 Å². The van der Waals surface area contributed by atoms with E-state index in [-0.39, 0.29) is 0 Å². The van der Waals surface area contributed by atoms with Gasteiger partial charge in [0.1, 0.15) is 6.61 Å². The second-order valence-corrected chi connectivity index (χ2v) is 8.90. The fourth-order valence-electron chi connectivity index (χ4n) is 3.56. The van der Waals surface area contributed by atoms with E-state index in [1.807, 2.05) is 24.3 Å². The van der Waals surface area contributed by atoms with Crippen LogP contribution in [0.25, 0.3) is 0 Å². The molecule has 4 nitrogen and oxygen atoms in total. The van der Waals surface area contributed by atoms with E-state index in [1.165, 1.54) is 38.8 Å². The molecule has 0 aliphatic rings. The van der Waals surface area contributed by atoms with Crippen molar-refractivity contribution in [3.63, 3.8) is 0 Å². The topological polar surface area (TPSA) is 33.7 Å². The molecule has 0 saturated carbocycles. The number of hydrogen-bond acceptors (Lipinski definition) is 4. The molecule has 0 radical (unpaired) electrons. The SMILES string of the molecule is CCCCN(CCCC)CCCNCc1cccc(OC)c1OCc1ccc(Cl)cc1Cl. The highest BCUT2D eigenvalue weighted by Gasteiger charge is 2.12. The Balaban J connectivity index is 1.89. The van der Waals surface area contributed by atoms with Crippen LogP contribution in [0.3, 0.4) is 0 Å². The summed E-state index contributed by atoms with van der Waals surface area (Å²) in [6.07, 6.45) is 6.19. The zero-order valence-electron chi connectivity index (χ0n) is 19.8. The van der Waals surface area contributed by atoms with Crippen molar-refractivity contribution < 1.29 is 9.47 Å². The molecule has 178 valence electrons. The Morgan fingerprint density at radius 1 is 0.906 bits per heavy atom. The molecule has 0 aliphatic heterocycles. The number of ether oxygens (including phenoxy) is 2. The molecule has 0 aliphatic carbocycles. The number of methoxy groups -OCH3 is 1. The minimum atomic E-state index is 0.354. The number of nitrogens with zero attached hydrogens (tertiary/aromatic N) is 1. The highest BCUT2D eigenvalue weighted by molar-refractivity contribution is 6.35. The first-order valence-corrected chi connectivity index (χ1v) is 12.5. The standard InChI is InChI=1S/C26H38Cl2N2O2/c1-4-6-15-30(16-7-5-2)17-9-14-29-19-21-10-8-11-25(31-3)26(21)32-20-22-12-13-23(27)18-24(22)28/h8,10-13,18,29H,4-7,9,14-17,19-20H2,1-3H3. The second kappa shape index (κ2) is 15.4. The maximum absolute atomic E-state index is 6.30. The van der Waals surface area contributed by atoms with Crippen molar-refractivity contribution in [3.05, 3.63) is 57.6 Å². The molecule has 0 atom stereocenters. The average Bonchev–Trinajstić information content (AvgIpc) is 2.79. The smallest absolute Gasteiger partial charge is 0.166 e. The average molecular weight is 482 g/mol. The summed E-state index contributed by atoms with van der Waals surface area (Å²) in [5, 5.41) is 4.79. The minimum Gasteiger partial charge on any atom is -0.493 e. The lowest BCUT2D eigenvalue weighted by atomic mass is 10.1. The molecule has 0 heterocycles. The van der Waals surface area contributed by atoms with E-state index in [0.717, 1.165) is 48.7 Å². The van der Waals surface area contributed by atoms with Gasteiger partial charge in [0.2, 0.25) is 0 Å². The van der Waals surface area contributed by atoms with Crippen LogP contribution >= 0.6 is 23.2 Å². The lowest BCUT2D eigenvalue weighted by Gasteiger charge is -2.22. The van der Waals surface area contributed by atoms with Crippen molar-refractivity contribution in [2.45, 2.75) is 59.1 Å². The summed E-state index contributed by atoms with van der Waals surface area (Å²) in [6.45, 7) is 10.1. The van der Waals surface area contributed by atoms with Gasteiger partial charge in [0, 0.05) is 27.7 Å². The fourth-order valence-corrected chi connectivity index (χ4v) is 4.03. The lowest BCUT2D eigenvalue weighted by molar-refractivity contribution is 0.260. The van der Waals surface area contributed by atoms with Gasteiger partial charge in [-0.25, -0.2) is 0 Å². The first kappa shape index (κ1) is 26.8. The van der Waals surface area contributed by atoms with Gasteiger partial charge in [0.25, 0.3) is 0 Å². The molecule has 0 bridgehead atoms. The van der Waals surface area contributed by atoms with Crippen LogP contribution < -0.4 is 14.8 Å². The third-order valence-corrected chi connectivity index (χ3v) is 6.05. The summed E-state index contributed by atoms with van der Waals surface area (Å²) in [5.74, 6) is 1.47. The molecular formula is C26H38Cl2N2O2. The fraction of sp³-hybridized carbons (Fsp3) is 0.538. The molecule has 1 N–H and O–H groups in total. The number of halogens is 2. The number of nitrogens with one attached hydrogen (secondary N) is 1. The quantitative estimate of drug-likeness (QED) is 0.263. The first-order chi connectivity index (χ1) is 15.6. The number of unbranched alkanes of at least 4 members (excludes halogenated alkanes) is 2. The van der Waals surface area contributed by atoms with Gasteiger partial charge in [-0.2, -0.15) is 0 Å². The first-order valence-electron chi connectivity index (χ1n) is 11.7. The molecule has 2 aromatic carbocycles. The zero-order valence-corrected chi connectivity index (χ0v) is 21.3. The van der Waals surface area contributed by atoms with Gasteiger partial charge in [-0.1, -0.05) is 68.1 Å². The van der Waals surface area contributed by atoms with Gasteiger partial charge in [-0.3, -0.25) is 0 Å². The van der Waals surface area contributed by atoms with Gasteiger partial charge in [-0.05, 0) is 63.6 Å². The van der Waals surface area contributed by atoms with Gasteiger partial charge in [0.05, 0.1) is 7.11 Å². The Hall–Kier alpha value is -1.46.